The summed E-state index contributed by atoms with van der Waals surface area (Å²) in [6.45, 7) is 7.44. The zero-order valence-corrected chi connectivity index (χ0v) is 15.4. The summed E-state index contributed by atoms with van der Waals surface area (Å²) in [7, 11) is 3.54. The van der Waals surface area contributed by atoms with Crippen molar-refractivity contribution < 1.29 is 9.47 Å². The molecular weight excluding hydrogens is 330 g/mol. The predicted molar refractivity (Wildman–Crippen MR) is 92.2 cm³/mol. The Hall–Kier alpha value is -0.580. The van der Waals surface area contributed by atoms with Crippen molar-refractivity contribution in [2.24, 2.45) is 0 Å². The van der Waals surface area contributed by atoms with Gasteiger partial charge in [-0.25, -0.2) is 0 Å². The smallest absolute Gasteiger partial charge is 0.122 e. The highest BCUT2D eigenvalue weighted by Gasteiger charge is 2.35. The molecular formula is C17H28BrNO2. The number of hydrogen-bond acceptors (Lipinski definition) is 3. The first-order valence-electron chi connectivity index (χ1n) is 7.67. The van der Waals surface area contributed by atoms with Gasteiger partial charge in [-0.1, -0.05) is 36.7 Å². The fourth-order valence-corrected chi connectivity index (χ4v) is 3.40. The first-order valence-corrected chi connectivity index (χ1v) is 8.47. The molecule has 21 heavy (non-hydrogen) atoms. The molecule has 3 nitrogen and oxygen atoms in total. The van der Waals surface area contributed by atoms with Crippen LogP contribution in [0.1, 0.15) is 39.2 Å². The highest BCUT2D eigenvalue weighted by Crippen LogP contribution is 2.30. The van der Waals surface area contributed by atoms with Crippen molar-refractivity contribution in [2.45, 2.75) is 51.7 Å². The summed E-state index contributed by atoms with van der Waals surface area (Å²) < 4.78 is 12.5. The third kappa shape index (κ3) is 4.44. The molecule has 0 saturated carbocycles. The van der Waals surface area contributed by atoms with E-state index in [2.05, 4.69) is 48.1 Å². The Kier molecular flexibility index (Phi) is 7.71. The Balaban J connectivity index is 3.10. The van der Waals surface area contributed by atoms with Crippen molar-refractivity contribution >= 4 is 15.9 Å². The number of benzene rings is 1. The molecule has 0 spiro atoms. The van der Waals surface area contributed by atoms with Crippen LogP contribution in [0.25, 0.3) is 0 Å². The summed E-state index contributed by atoms with van der Waals surface area (Å²) >= 11 is 3.55. The Morgan fingerprint density at radius 1 is 1.19 bits per heavy atom. The molecule has 0 radical (unpaired) electrons. The first-order chi connectivity index (χ1) is 10.1. The molecule has 0 aliphatic carbocycles. The Morgan fingerprint density at radius 2 is 1.86 bits per heavy atom. The second-order valence-electron chi connectivity index (χ2n) is 5.25. The number of methoxy groups -OCH3 is 2. The summed E-state index contributed by atoms with van der Waals surface area (Å²) in [4.78, 5) is 0. The van der Waals surface area contributed by atoms with Crippen LogP contribution in [0.15, 0.2) is 22.7 Å². The number of halogens is 1. The summed E-state index contributed by atoms with van der Waals surface area (Å²) in [6, 6.07) is 6.41. The van der Waals surface area contributed by atoms with Crippen molar-refractivity contribution in [3.8, 4) is 5.75 Å². The topological polar surface area (TPSA) is 30.5 Å². The second kappa shape index (κ2) is 8.76. The lowest BCUT2D eigenvalue weighted by molar-refractivity contribution is -0.0469. The molecule has 1 N–H and O–H groups in total. The van der Waals surface area contributed by atoms with E-state index in [1.54, 1.807) is 7.11 Å². The Morgan fingerprint density at radius 3 is 2.33 bits per heavy atom. The number of ether oxygens (including phenoxy) is 2. The lowest BCUT2D eigenvalue weighted by Crippen LogP contribution is -2.52. The van der Waals surface area contributed by atoms with E-state index in [1.807, 2.05) is 19.2 Å². The van der Waals surface area contributed by atoms with Crippen LogP contribution in [0, 0.1) is 0 Å². The molecule has 0 bridgehead atoms. The minimum atomic E-state index is -0.149. The van der Waals surface area contributed by atoms with Gasteiger partial charge in [0, 0.05) is 17.6 Å². The zero-order valence-electron chi connectivity index (χ0n) is 13.8. The maximum Gasteiger partial charge on any atom is 0.122 e. The molecule has 0 aromatic heterocycles. The van der Waals surface area contributed by atoms with Gasteiger partial charge in [-0.3, -0.25) is 0 Å². The lowest BCUT2D eigenvalue weighted by atomic mass is 9.84. The van der Waals surface area contributed by atoms with Crippen molar-refractivity contribution in [3.05, 3.63) is 28.2 Å². The Bertz CT molecular complexity index is 425. The van der Waals surface area contributed by atoms with Crippen molar-refractivity contribution in [1.82, 2.24) is 5.32 Å². The van der Waals surface area contributed by atoms with E-state index in [9.17, 15) is 0 Å². The van der Waals surface area contributed by atoms with Gasteiger partial charge in [0.05, 0.1) is 12.7 Å². The number of nitrogens with one attached hydrogen (secondary N) is 1. The molecule has 0 amide bonds. The van der Waals surface area contributed by atoms with Crippen LogP contribution in [0.2, 0.25) is 0 Å². The molecule has 1 rings (SSSR count). The van der Waals surface area contributed by atoms with E-state index in [0.717, 1.165) is 36.0 Å². The average Bonchev–Trinajstić information content (AvgIpc) is 2.50. The summed E-state index contributed by atoms with van der Waals surface area (Å²) in [5.41, 5.74) is 1.05. The molecule has 0 heterocycles. The highest BCUT2D eigenvalue weighted by atomic mass is 79.9. The van der Waals surface area contributed by atoms with E-state index in [-0.39, 0.29) is 11.6 Å². The van der Waals surface area contributed by atoms with Gasteiger partial charge in [0.1, 0.15) is 5.75 Å². The SMILES string of the molecule is CCNC(Cc1cc(Br)ccc1OC)C(CC)(CC)OC. The lowest BCUT2D eigenvalue weighted by Gasteiger charge is -2.39. The fourth-order valence-electron chi connectivity index (χ4n) is 2.99. The van der Waals surface area contributed by atoms with Crippen molar-refractivity contribution in [1.29, 1.82) is 0 Å². The van der Waals surface area contributed by atoms with E-state index < -0.39 is 0 Å². The van der Waals surface area contributed by atoms with Crippen LogP contribution in [-0.2, 0) is 11.2 Å². The van der Waals surface area contributed by atoms with E-state index in [0.29, 0.717) is 0 Å². The molecule has 120 valence electrons. The third-order valence-electron chi connectivity index (χ3n) is 4.36. The van der Waals surface area contributed by atoms with E-state index in [4.69, 9.17) is 9.47 Å². The molecule has 0 aliphatic heterocycles. The third-order valence-corrected chi connectivity index (χ3v) is 4.85. The van der Waals surface area contributed by atoms with Gasteiger partial charge in [0.15, 0.2) is 0 Å². The van der Waals surface area contributed by atoms with Gasteiger partial charge < -0.3 is 14.8 Å². The molecule has 0 fully saturated rings. The first kappa shape index (κ1) is 18.5. The fraction of sp³-hybridized carbons (Fsp3) is 0.647. The molecule has 4 heteroatoms. The molecule has 1 atom stereocenters. The van der Waals surface area contributed by atoms with Crippen LogP contribution in [0.5, 0.6) is 5.75 Å². The molecule has 1 aromatic carbocycles. The van der Waals surface area contributed by atoms with Crippen LogP contribution in [0.4, 0.5) is 0 Å². The number of rotatable bonds is 9. The van der Waals surface area contributed by atoms with Crippen LogP contribution in [-0.4, -0.2) is 32.4 Å². The second-order valence-corrected chi connectivity index (χ2v) is 6.16. The van der Waals surface area contributed by atoms with Gasteiger partial charge in [-0.2, -0.15) is 0 Å². The predicted octanol–water partition coefficient (Wildman–Crippen LogP) is 4.18. The summed E-state index contributed by atoms with van der Waals surface area (Å²) in [5.74, 6) is 0.929. The highest BCUT2D eigenvalue weighted by molar-refractivity contribution is 9.10. The summed E-state index contributed by atoms with van der Waals surface area (Å²) in [5, 5.41) is 3.60. The van der Waals surface area contributed by atoms with Gasteiger partial charge in [-0.05, 0) is 49.6 Å². The summed E-state index contributed by atoms with van der Waals surface area (Å²) in [6.07, 6.45) is 2.84. The normalized spacial score (nSPS) is 13.2. The minimum Gasteiger partial charge on any atom is -0.496 e. The quantitative estimate of drug-likeness (QED) is 0.718. The zero-order chi connectivity index (χ0) is 15.9. The van der Waals surface area contributed by atoms with Crippen LogP contribution in [0.3, 0.4) is 0 Å². The van der Waals surface area contributed by atoms with Crippen LogP contribution >= 0.6 is 15.9 Å². The van der Waals surface area contributed by atoms with Gasteiger partial charge in [0.25, 0.3) is 0 Å². The van der Waals surface area contributed by atoms with Crippen LogP contribution < -0.4 is 10.1 Å². The average molecular weight is 358 g/mol. The minimum absolute atomic E-state index is 0.149. The van der Waals surface area contributed by atoms with Gasteiger partial charge in [0.2, 0.25) is 0 Å². The van der Waals surface area contributed by atoms with Crippen molar-refractivity contribution in [2.75, 3.05) is 20.8 Å². The largest absolute Gasteiger partial charge is 0.496 e. The molecule has 0 saturated heterocycles. The maximum atomic E-state index is 5.91. The Labute approximate surface area is 137 Å². The maximum absolute atomic E-state index is 5.91. The standard InChI is InChI=1S/C17H28BrNO2/c1-6-17(7-2,21-5)16(19-8-3)12-13-11-14(18)9-10-15(13)20-4/h9-11,16,19H,6-8,12H2,1-5H3. The van der Waals surface area contributed by atoms with E-state index in [1.165, 1.54) is 5.56 Å². The van der Waals surface area contributed by atoms with Crippen molar-refractivity contribution in [3.63, 3.8) is 0 Å². The molecule has 1 aromatic rings. The molecule has 1 unspecified atom stereocenters. The monoisotopic (exact) mass is 357 g/mol. The number of hydrogen-bond donors (Lipinski definition) is 1. The number of likely N-dealkylation sites (N-methyl/N-ethyl adjacent to an activating group) is 1. The van der Waals surface area contributed by atoms with Gasteiger partial charge in [-0.15, -0.1) is 0 Å². The molecule has 0 aliphatic rings. The van der Waals surface area contributed by atoms with Gasteiger partial charge >= 0.3 is 0 Å². The van der Waals surface area contributed by atoms with E-state index >= 15 is 0 Å².